The molecule has 0 aliphatic rings. The molecular formula is C2H6BO2P. The van der Waals surface area contributed by atoms with E-state index < -0.39 is 0 Å². The maximum absolute atomic E-state index is 9.49. The van der Waals surface area contributed by atoms with Crippen LogP contribution in [-0.2, 0) is 9.09 Å². The Hall–Kier alpha value is 0.125. The van der Waals surface area contributed by atoms with Crippen LogP contribution in [0.3, 0.4) is 0 Å². The van der Waals surface area contributed by atoms with Crippen molar-refractivity contribution in [2.75, 3.05) is 0 Å². The first-order valence-corrected chi connectivity index (χ1v) is 2.49. The Bertz CT molecular complexity index is 46.8. The van der Waals surface area contributed by atoms with Gasteiger partial charge in [0.15, 0.2) is 0 Å². The third kappa shape index (κ3) is 4.12. The van der Waals surface area contributed by atoms with E-state index in [2.05, 4.69) is 4.52 Å². The van der Waals surface area contributed by atoms with E-state index in [1.165, 1.54) is 0 Å². The van der Waals surface area contributed by atoms with Crippen LogP contribution < -0.4 is 0 Å². The van der Waals surface area contributed by atoms with Gasteiger partial charge in [-0.05, 0) is 6.92 Å². The molecule has 0 spiro atoms. The van der Waals surface area contributed by atoms with Gasteiger partial charge in [-0.25, -0.2) is 4.57 Å². The predicted molar refractivity (Wildman–Crippen MR) is 26.7 cm³/mol. The maximum atomic E-state index is 9.49. The smallest absolute Gasteiger partial charge is 0.301 e. The monoisotopic (exact) mass is 104 g/mol. The van der Waals surface area contributed by atoms with Crippen LogP contribution in [0, 0.1) is 0 Å². The van der Waals surface area contributed by atoms with Gasteiger partial charge in [-0.3, -0.25) is 0 Å². The lowest BCUT2D eigenvalue weighted by molar-refractivity contribution is 0.326. The summed E-state index contributed by atoms with van der Waals surface area (Å²) in [4.78, 5) is 0. The molecule has 2 nitrogen and oxygen atoms in total. The zero-order valence-corrected chi connectivity index (χ0v) is 4.74. The lowest BCUT2D eigenvalue weighted by atomic mass is 10.0. The van der Waals surface area contributed by atoms with Crippen molar-refractivity contribution >= 4 is 16.5 Å². The Labute approximate surface area is 39.6 Å². The van der Waals surface area contributed by atoms with Crippen molar-refractivity contribution in [1.29, 1.82) is 0 Å². The molecule has 0 fully saturated rings. The number of hydrogen-bond acceptors (Lipinski definition) is 2. The summed E-state index contributed by atoms with van der Waals surface area (Å²) in [6.45, 7) is 1.82. The van der Waals surface area contributed by atoms with Crippen LogP contribution in [0.5, 0.6) is 0 Å². The van der Waals surface area contributed by atoms with Gasteiger partial charge in [0.05, 0.1) is 0 Å². The van der Waals surface area contributed by atoms with Crippen LogP contribution in [0.4, 0.5) is 0 Å². The van der Waals surface area contributed by atoms with Gasteiger partial charge >= 0.3 is 8.69 Å². The average Bonchev–Trinajstić information content (AvgIpc) is 1.35. The van der Waals surface area contributed by atoms with Crippen LogP contribution in [-0.4, -0.2) is 13.8 Å². The molecule has 4 heteroatoms. The minimum atomic E-state index is -0.226. The minimum Gasteiger partial charge on any atom is -0.301 e. The van der Waals surface area contributed by atoms with Crippen molar-refractivity contribution in [3.8, 4) is 0 Å². The highest BCUT2D eigenvalue weighted by Crippen LogP contribution is 1.96. The largest absolute Gasteiger partial charge is 0.326 e. The van der Waals surface area contributed by atoms with Crippen LogP contribution in [0.25, 0.3) is 0 Å². The minimum absolute atomic E-state index is 0.0733. The van der Waals surface area contributed by atoms with Crippen molar-refractivity contribution in [2.45, 2.75) is 12.9 Å². The van der Waals surface area contributed by atoms with E-state index in [-0.39, 0.29) is 14.7 Å². The van der Waals surface area contributed by atoms with Crippen molar-refractivity contribution in [3.05, 3.63) is 0 Å². The normalized spacial score (nSPS) is 14.8. The molecule has 6 heavy (non-hydrogen) atoms. The zero-order chi connectivity index (χ0) is 4.99. The van der Waals surface area contributed by atoms with E-state index in [0.29, 0.717) is 0 Å². The Morgan fingerprint density at radius 1 is 2.00 bits per heavy atom. The van der Waals surface area contributed by atoms with Crippen LogP contribution in [0.15, 0.2) is 0 Å². The Morgan fingerprint density at radius 3 is 2.50 bits per heavy atom. The second kappa shape index (κ2) is 3.32. The maximum Gasteiger partial charge on any atom is 0.326 e. The molecule has 0 heterocycles. The molecule has 0 saturated carbocycles. The fourth-order valence-corrected chi connectivity index (χ4v) is 0.258. The lowest BCUT2D eigenvalue weighted by Gasteiger charge is -1.91. The standard InChI is InChI=1S/C2H6BO2P/c1-2(3)5-6-4/h2H,3H2,1H3. The third-order valence-corrected chi connectivity index (χ3v) is 0.762. The van der Waals surface area contributed by atoms with Gasteiger partial charge in [0.1, 0.15) is 7.85 Å². The lowest BCUT2D eigenvalue weighted by Crippen LogP contribution is -1.97. The van der Waals surface area contributed by atoms with Crippen LogP contribution in [0.1, 0.15) is 6.92 Å². The summed E-state index contributed by atoms with van der Waals surface area (Å²) in [6.07, 6.45) is 0. The first kappa shape index (κ1) is 6.12. The molecule has 0 aromatic carbocycles. The molecule has 0 aliphatic carbocycles. The Morgan fingerprint density at radius 2 is 2.50 bits per heavy atom. The molecule has 0 aromatic rings. The van der Waals surface area contributed by atoms with Gasteiger partial charge in [0.2, 0.25) is 0 Å². The summed E-state index contributed by atoms with van der Waals surface area (Å²) >= 11 is 0. The molecule has 0 aromatic heterocycles. The predicted octanol–water partition coefficient (Wildman–Crippen LogP) is 0.189. The molecule has 0 aliphatic heterocycles. The van der Waals surface area contributed by atoms with Gasteiger partial charge < -0.3 is 4.52 Å². The molecule has 0 saturated heterocycles. The topological polar surface area (TPSA) is 26.3 Å². The van der Waals surface area contributed by atoms with E-state index in [1.807, 2.05) is 14.8 Å². The van der Waals surface area contributed by atoms with Crippen molar-refractivity contribution in [2.24, 2.45) is 0 Å². The highest BCUT2D eigenvalue weighted by atomic mass is 31.1. The molecule has 0 N–H and O–H groups in total. The third-order valence-electron chi connectivity index (χ3n) is 0.254. The summed E-state index contributed by atoms with van der Waals surface area (Å²) < 4.78 is 13.9. The second-order valence-electron chi connectivity index (χ2n) is 1.23. The zero-order valence-electron chi connectivity index (χ0n) is 3.84. The molecule has 1 unspecified atom stereocenters. The second-order valence-corrected chi connectivity index (χ2v) is 1.59. The summed E-state index contributed by atoms with van der Waals surface area (Å²) in [5.41, 5.74) is 0. The van der Waals surface area contributed by atoms with Gasteiger partial charge in [-0.1, -0.05) is 0 Å². The molecular weight excluding hydrogens is 97.8 g/mol. The molecule has 1 atom stereocenters. The fraction of sp³-hybridized carbons (Fsp3) is 1.00. The molecule has 0 rings (SSSR count). The van der Waals surface area contributed by atoms with E-state index >= 15 is 0 Å². The Balaban J connectivity index is 2.81. The first-order valence-electron chi connectivity index (χ1n) is 1.76. The summed E-state index contributed by atoms with van der Waals surface area (Å²) in [6, 6.07) is 0.0733. The average molecular weight is 104 g/mol. The molecule has 0 amide bonds. The number of rotatable bonds is 2. The SMILES string of the molecule is BC(C)OP=O. The van der Waals surface area contributed by atoms with E-state index in [1.54, 1.807) is 0 Å². The molecule has 34 valence electrons. The van der Waals surface area contributed by atoms with Crippen molar-refractivity contribution in [1.82, 2.24) is 0 Å². The van der Waals surface area contributed by atoms with Gasteiger partial charge in [-0.2, -0.15) is 0 Å². The molecule has 0 radical (unpaired) electrons. The highest BCUT2D eigenvalue weighted by molar-refractivity contribution is 7.17. The number of hydrogen-bond donors (Lipinski definition) is 0. The summed E-state index contributed by atoms with van der Waals surface area (Å²) in [7, 11) is 1.60. The summed E-state index contributed by atoms with van der Waals surface area (Å²) in [5.74, 6) is 0. The van der Waals surface area contributed by atoms with Gasteiger partial charge in [-0.15, -0.1) is 0 Å². The van der Waals surface area contributed by atoms with Crippen LogP contribution >= 0.6 is 8.69 Å². The fourth-order valence-electron chi connectivity index (χ4n) is 0.0861. The van der Waals surface area contributed by atoms with Crippen molar-refractivity contribution in [3.63, 3.8) is 0 Å². The molecule has 0 bridgehead atoms. The van der Waals surface area contributed by atoms with E-state index in [0.717, 1.165) is 0 Å². The Kier molecular flexibility index (Phi) is 3.39. The van der Waals surface area contributed by atoms with E-state index in [4.69, 9.17) is 0 Å². The summed E-state index contributed by atoms with van der Waals surface area (Å²) in [5, 5.41) is 0. The van der Waals surface area contributed by atoms with Gasteiger partial charge in [0.25, 0.3) is 0 Å². The van der Waals surface area contributed by atoms with Crippen molar-refractivity contribution < 1.29 is 9.09 Å². The first-order chi connectivity index (χ1) is 2.77. The van der Waals surface area contributed by atoms with E-state index in [9.17, 15) is 4.57 Å². The highest BCUT2D eigenvalue weighted by Gasteiger charge is 1.86. The van der Waals surface area contributed by atoms with Crippen LogP contribution in [0.2, 0.25) is 0 Å². The van der Waals surface area contributed by atoms with Gasteiger partial charge in [0, 0.05) is 6.00 Å². The quantitative estimate of drug-likeness (QED) is 0.369.